The molecule has 4 N–H and O–H groups in total. The quantitative estimate of drug-likeness (QED) is 0.544. The van der Waals surface area contributed by atoms with E-state index in [0.29, 0.717) is 25.0 Å². The fourth-order valence-corrected chi connectivity index (χ4v) is 5.20. The first-order chi connectivity index (χ1) is 12.8. The molecule has 6 heteroatoms. The van der Waals surface area contributed by atoms with Gasteiger partial charge in [-0.15, -0.1) is 0 Å². The second-order valence-corrected chi connectivity index (χ2v) is 8.76. The summed E-state index contributed by atoms with van der Waals surface area (Å²) in [6.07, 6.45) is 6.73. The number of carbonyl (C=O) groups excluding carboxylic acids is 2. The number of allylic oxidation sites excluding steroid dienone is 3. The number of ketones is 2. The average molecular weight is 374 g/mol. The molecular weight excluding hydrogens is 346 g/mol. The third-order valence-corrected chi connectivity index (χ3v) is 6.95. The molecule has 0 aliphatic heterocycles. The van der Waals surface area contributed by atoms with Crippen LogP contribution in [0, 0.1) is 11.3 Å². The van der Waals surface area contributed by atoms with Crippen LogP contribution in [0.2, 0.25) is 0 Å². The van der Waals surface area contributed by atoms with E-state index in [4.69, 9.17) is 0 Å². The first kappa shape index (κ1) is 18.6. The second-order valence-electron chi connectivity index (χ2n) is 8.76. The van der Waals surface area contributed by atoms with E-state index in [-0.39, 0.29) is 24.2 Å². The molecule has 0 radical (unpaired) electrons. The van der Waals surface area contributed by atoms with Gasteiger partial charge < -0.3 is 20.2 Å². The van der Waals surface area contributed by atoms with Crippen LogP contribution in [-0.4, -0.2) is 58.7 Å². The number of aliphatic hydroxyl groups is 3. The molecule has 146 valence electrons. The van der Waals surface area contributed by atoms with Crippen LogP contribution in [0.25, 0.3) is 0 Å². The average Bonchev–Trinajstić information content (AvgIpc) is 3.45. The van der Waals surface area contributed by atoms with E-state index in [0.717, 1.165) is 12.5 Å². The van der Waals surface area contributed by atoms with Crippen molar-refractivity contribution in [3.63, 3.8) is 0 Å². The minimum atomic E-state index is -1.43. The van der Waals surface area contributed by atoms with Crippen LogP contribution < -0.4 is 4.90 Å². The molecular formula is C21H28NO5+. The Hall–Kier alpha value is -1.76. The predicted molar refractivity (Wildman–Crippen MR) is 98.1 cm³/mol. The van der Waals surface area contributed by atoms with Crippen LogP contribution in [-0.2, 0) is 9.59 Å². The summed E-state index contributed by atoms with van der Waals surface area (Å²) in [4.78, 5) is 25.9. The summed E-state index contributed by atoms with van der Waals surface area (Å²) in [5.74, 6) is -0.596. The van der Waals surface area contributed by atoms with E-state index in [1.165, 1.54) is 23.8 Å². The minimum absolute atomic E-state index is 0.102. The summed E-state index contributed by atoms with van der Waals surface area (Å²) in [6.45, 7) is 1.66. The third-order valence-electron chi connectivity index (χ3n) is 6.95. The van der Waals surface area contributed by atoms with Gasteiger partial charge >= 0.3 is 0 Å². The monoisotopic (exact) mass is 374 g/mol. The van der Waals surface area contributed by atoms with Crippen molar-refractivity contribution in [2.24, 2.45) is 11.3 Å². The Balaban J connectivity index is 1.78. The van der Waals surface area contributed by atoms with Crippen LogP contribution in [0.1, 0.15) is 38.5 Å². The lowest BCUT2D eigenvalue weighted by molar-refractivity contribution is -0.882. The number of nitrogens with one attached hydrogen (secondary N) is 1. The van der Waals surface area contributed by atoms with Crippen molar-refractivity contribution in [3.8, 4) is 0 Å². The Labute approximate surface area is 158 Å². The van der Waals surface area contributed by atoms with Gasteiger partial charge in [-0.05, 0) is 37.3 Å². The summed E-state index contributed by atoms with van der Waals surface area (Å²) < 4.78 is 0. The van der Waals surface area contributed by atoms with Gasteiger partial charge in [-0.2, -0.15) is 0 Å². The maximum atomic E-state index is 12.5. The van der Waals surface area contributed by atoms with Crippen LogP contribution in [0.3, 0.4) is 0 Å². The first-order valence-corrected chi connectivity index (χ1v) is 9.89. The molecule has 2 fully saturated rings. The molecule has 0 spiro atoms. The normalized spacial score (nSPS) is 37.0. The molecule has 27 heavy (non-hydrogen) atoms. The predicted octanol–water partition coefficient (Wildman–Crippen LogP) is 0.0236. The fourth-order valence-electron chi connectivity index (χ4n) is 5.20. The topological polar surface area (TPSA) is 99.3 Å². The highest BCUT2D eigenvalue weighted by Gasteiger charge is 2.64. The Kier molecular flexibility index (Phi) is 4.41. The largest absolute Gasteiger partial charge is 0.504 e. The summed E-state index contributed by atoms with van der Waals surface area (Å²) in [5, 5.41) is 33.2. The van der Waals surface area contributed by atoms with Gasteiger partial charge in [0, 0.05) is 24.3 Å². The van der Waals surface area contributed by atoms with Crippen molar-refractivity contribution in [2.45, 2.75) is 50.2 Å². The molecule has 4 unspecified atom stereocenters. The maximum Gasteiger partial charge on any atom is 0.220 e. The molecule has 4 atom stereocenters. The van der Waals surface area contributed by atoms with Gasteiger partial charge in [0.1, 0.15) is 6.10 Å². The molecule has 2 saturated carbocycles. The molecule has 0 heterocycles. The molecule has 0 aromatic rings. The summed E-state index contributed by atoms with van der Waals surface area (Å²) >= 11 is 0. The molecule has 0 aromatic carbocycles. The first-order valence-electron chi connectivity index (χ1n) is 9.89. The lowest BCUT2D eigenvalue weighted by Crippen LogP contribution is -3.09. The van der Waals surface area contributed by atoms with Crippen molar-refractivity contribution in [2.75, 3.05) is 20.1 Å². The van der Waals surface area contributed by atoms with Crippen molar-refractivity contribution < 1.29 is 29.8 Å². The standard InChI is InChI=1S/C21H27NO5/c1-22(12-13-2-3-13)11-10-21-17-14(4-5-15(23)18(17)25)6-8-20(21,27)9-7-16(24)19(21)26/h4-6,13,19,25-27H,2-3,7-12H2,1H3/p+1. The third kappa shape index (κ3) is 2.82. The number of quaternary nitrogens is 1. The Morgan fingerprint density at radius 2 is 2.00 bits per heavy atom. The summed E-state index contributed by atoms with van der Waals surface area (Å²) in [5.41, 5.74) is -1.81. The van der Waals surface area contributed by atoms with Gasteiger partial charge in [-0.3, -0.25) is 9.59 Å². The zero-order valence-corrected chi connectivity index (χ0v) is 15.7. The van der Waals surface area contributed by atoms with Gasteiger partial charge in [0.15, 0.2) is 11.5 Å². The SMILES string of the molecule is C[NH+](CCC12C3=C(O)C(=O)C=CC3=CCC1(O)CCC(=O)C2O)CC1CC1. The highest BCUT2D eigenvalue weighted by Crippen LogP contribution is 2.58. The molecule has 4 rings (SSSR count). The van der Waals surface area contributed by atoms with Crippen LogP contribution in [0.15, 0.2) is 35.1 Å². The van der Waals surface area contributed by atoms with Crippen molar-refractivity contribution in [3.05, 3.63) is 35.1 Å². The Morgan fingerprint density at radius 3 is 2.70 bits per heavy atom. The van der Waals surface area contributed by atoms with Gasteiger partial charge in [0.05, 0.1) is 31.2 Å². The summed E-state index contributed by atoms with van der Waals surface area (Å²) in [7, 11) is 2.07. The number of fused-ring (bicyclic) bond motifs is 3. The van der Waals surface area contributed by atoms with Gasteiger partial charge in [-0.25, -0.2) is 0 Å². The minimum Gasteiger partial charge on any atom is -0.504 e. The Bertz CT molecular complexity index is 777. The van der Waals surface area contributed by atoms with E-state index in [1.807, 2.05) is 0 Å². The highest BCUT2D eigenvalue weighted by atomic mass is 16.3. The zero-order valence-electron chi connectivity index (χ0n) is 15.7. The number of rotatable bonds is 5. The van der Waals surface area contributed by atoms with Crippen molar-refractivity contribution >= 4 is 11.6 Å². The summed E-state index contributed by atoms with van der Waals surface area (Å²) in [6, 6.07) is 0. The zero-order chi connectivity index (χ0) is 19.4. The van der Waals surface area contributed by atoms with E-state index in [1.54, 1.807) is 12.2 Å². The smallest absolute Gasteiger partial charge is 0.220 e. The van der Waals surface area contributed by atoms with Crippen LogP contribution in [0.4, 0.5) is 0 Å². The second kappa shape index (κ2) is 6.40. The lowest BCUT2D eigenvalue weighted by atomic mass is 9.50. The fraction of sp³-hybridized carbons (Fsp3) is 0.619. The molecule has 4 aliphatic rings. The van der Waals surface area contributed by atoms with Crippen molar-refractivity contribution in [1.29, 1.82) is 0 Å². The number of hydrogen-bond donors (Lipinski definition) is 4. The number of aliphatic hydroxyl groups excluding tert-OH is 2. The van der Waals surface area contributed by atoms with Crippen molar-refractivity contribution in [1.82, 2.24) is 0 Å². The van der Waals surface area contributed by atoms with Gasteiger partial charge in [0.2, 0.25) is 5.78 Å². The van der Waals surface area contributed by atoms with Gasteiger partial charge in [-0.1, -0.05) is 12.2 Å². The van der Waals surface area contributed by atoms with E-state index < -0.39 is 28.7 Å². The Morgan fingerprint density at radius 1 is 1.26 bits per heavy atom. The molecule has 6 nitrogen and oxygen atoms in total. The maximum absolute atomic E-state index is 12.5. The number of carbonyl (C=O) groups is 2. The molecule has 0 bridgehead atoms. The lowest BCUT2D eigenvalue weighted by Gasteiger charge is -2.56. The number of Topliss-reactive ketones (excluding diaryl/α,β-unsaturated/α-hetero) is 1. The van der Waals surface area contributed by atoms with Crippen LogP contribution >= 0.6 is 0 Å². The molecule has 0 aromatic heterocycles. The number of hydrogen-bond acceptors (Lipinski definition) is 5. The molecule has 4 aliphatic carbocycles. The van der Waals surface area contributed by atoms with E-state index in [2.05, 4.69) is 7.05 Å². The van der Waals surface area contributed by atoms with Crippen LogP contribution in [0.5, 0.6) is 0 Å². The molecule has 0 amide bonds. The van der Waals surface area contributed by atoms with Gasteiger partial charge in [0.25, 0.3) is 0 Å². The van der Waals surface area contributed by atoms with E-state index in [9.17, 15) is 24.9 Å². The highest BCUT2D eigenvalue weighted by molar-refractivity contribution is 6.06. The molecule has 0 saturated heterocycles. The van der Waals surface area contributed by atoms with E-state index >= 15 is 0 Å².